The van der Waals surface area contributed by atoms with Gasteiger partial charge in [0.25, 0.3) is 0 Å². The largest absolute Gasteiger partial charge is 0.508 e. The van der Waals surface area contributed by atoms with E-state index in [-0.39, 0.29) is 0 Å². The normalized spacial score (nSPS) is 18.4. The Morgan fingerprint density at radius 1 is 1.25 bits per heavy atom. The van der Waals surface area contributed by atoms with Gasteiger partial charge in [0.05, 0.1) is 0 Å². The van der Waals surface area contributed by atoms with Gasteiger partial charge in [-0.25, -0.2) is 0 Å². The molecule has 1 aliphatic heterocycles. The van der Waals surface area contributed by atoms with E-state index in [1.807, 2.05) is 12.1 Å². The molecule has 1 saturated heterocycles. The Balaban J connectivity index is 2.08. The Bertz CT molecular complexity index is 402. The summed E-state index contributed by atoms with van der Waals surface area (Å²) in [5.74, 6) is 1.22. The van der Waals surface area contributed by atoms with Crippen molar-refractivity contribution < 1.29 is 5.11 Å². The van der Waals surface area contributed by atoms with Crippen molar-refractivity contribution in [3.8, 4) is 5.75 Å². The third-order valence-electron chi connectivity index (χ3n) is 4.48. The first kappa shape index (κ1) is 15.3. The Labute approximate surface area is 123 Å². The molecule has 0 spiro atoms. The minimum Gasteiger partial charge on any atom is -0.508 e. The standard InChI is InChI=1S/C17H28N2O/c1-3-16(15-7-5-6-8-17(15)20)19(4-2)13-14-9-11-18-12-10-14/h5-8,14,16,18,20H,3-4,9-13H2,1-2H3. The van der Waals surface area contributed by atoms with Gasteiger partial charge in [0.2, 0.25) is 0 Å². The van der Waals surface area contributed by atoms with Crippen LogP contribution >= 0.6 is 0 Å². The smallest absolute Gasteiger partial charge is 0.120 e. The van der Waals surface area contributed by atoms with Crippen molar-refractivity contribution in [2.24, 2.45) is 5.92 Å². The Morgan fingerprint density at radius 2 is 1.95 bits per heavy atom. The highest BCUT2D eigenvalue weighted by Crippen LogP contribution is 2.32. The molecule has 1 unspecified atom stereocenters. The first-order valence-corrected chi connectivity index (χ1v) is 7.98. The van der Waals surface area contributed by atoms with Gasteiger partial charge in [0.15, 0.2) is 0 Å². The van der Waals surface area contributed by atoms with E-state index in [2.05, 4.69) is 30.1 Å². The van der Waals surface area contributed by atoms with E-state index in [4.69, 9.17) is 0 Å². The SMILES string of the molecule is CCC(c1ccccc1O)N(CC)CC1CCNCC1. The molecule has 20 heavy (non-hydrogen) atoms. The minimum absolute atomic E-state index is 0.330. The molecule has 0 saturated carbocycles. The fourth-order valence-electron chi connectivity index (χ4n) is 3.32. The summed E-state index contributed by atoms with van der Waals surface area (Å²) in [6, 6.07) is 8.12. The second kappa shape index (κ2) is 7.65. The summed E-state index contributed by atoms with van der Waals surface area (Å²) in [6.07, 6.45) is 3.58. The van der Waals surface area contributed by atoms with E-state index in [9.17, 15) is 5.11 Å². The van der Waals surface area contributed by atoms with E-state index in [0.717, 1.165) is 44.1 Å². The second-order valence-electron chi connectivity index (χ2n) is 5.76. The quantitative estimate of drug-likeness (QED) is 0.838. The lowest BCUT2D eigenvalue weighted by Crippen LogP contribution is -2.38. The molecule has 1 aromatic carbocycles. The Kier molecular flexibility index (Phi) is 5.86. The van der Waals surface area contributed by atoms with E-state index < -0.39 is 0 Å². The van der Waals surface area contributed by atoms with Gasteiger partial charge in [0, 0.05) is 18.2 Å². The molecule has 2 N–H and O–H groups in total. The zero-order valence-corrected chi connectivity index (χ0v) is 12.8. The number of piperidine rings is 1. The summed E-state index contributed by atoms with van der Waals surface area (Å²) in [4.78, 5) is 2.53. The highest BCUT2D eigenvalue weighted by atomic mass is 16.3. The van der Waals surface area contributed by atoms with Crippen LogP contribution in [0.25, 0.3) is 0 Å². The number of phenolic OH excluding ortho intramolecular Hbond substituents is 1. The van der Waals surface area contributed by atoms with Crippen molar-refractivity contribution in [1.29, 1.82) is 0 Å². The van der Waals surface area contributed by atoms with Gasteiger partial charge in [-0.1, -0.05) is 32.0 Å². The van der Waals surface area contributed by atoms with Crippen molar-refractivity contribution in [2.45, 2.75) is 39.2 Å². The minimum atomic E-state index is 0.330. The number of phenols is 1. The number of benzene rings is 1. The molecular weight excluding hydrogens is 248 g/mol. The molecule has 0 bridgehead atoms. The van der Waals surface area contributed by atoms with Crippen LogP contribution in [-0.4, -0.2) is 36.2 Å². The van der Waals surface area contributed by atoms with Crippen molar-refractivity contribution in [3.05, 3.63) is 29.8 Å². The van der Waals surface area contributed by atoms with E-state index in [1.54, 1.807) is 6.07 Å². The summed E-state index contributed by atoms with van der Waals surface area (Å²) in [5, 5.41) is 13.6. The number of hydrogen-bond donors (Lipinski definition) is 2. The number of nitrogens with zero attached hydrogens (tertiary/aromatic N) is 1. The molecule has 1 heterocycles. The van der Waals surface area contributed by atoms with Crippen LogP contribution in [-0.2, 0) is 0 Å². The van der Waals surface area contributed by atoms with Crippen molar-refractivity contribution >= 4 is 0 Å². The van der Waals surface area contributed by atoms with Crippen molar-refractivity contribution in [2.75, 3.05) is 26.2 Å². The van der Waals surface area contributed by atoms with Crippen LogP contribution in [0.2, 0.25) is 0 Å². The lowest BCUT2D eigenvalue weighted by molar-refractivity contribution is 0.153. The number of hydrogen-bond acceptors (Lipinski definition) is 3. The Hall–Kier alpha value is -1.06. The molecule has 2 rings (SSSR count). The van der Waals surface area contributed by atoms with Crippen LogP contribution in [0.3, 0.4) is 0 Å². The third-order valence-corrected chi connectivity index (χ3v) is 4.48. The summed E-state index contributed by atoms with van der Waals surface area (Å²) >= 11 is 0. The molecule has 1 aromatic rings. The van der Waals surface area contributed by atoms with Gasteiger partial charge in [-0.3, -0.25) is 4.90 Å². The summed E-state index contributed by atoms with van der Waals surface area (Å²) in [5.41, 5.74) is 1.07. The molecular formula is C17H28N2O. The van der Waals surface area contributed by atoms with Crippen molar-refractivity contribution in [3.63, 3.8) is 0 Å². The van der Waals surface area contributed by atoms with Gasteiger partial charge in [-0.2, -0.15) is 0 Å². The van der Waals surface area contributed by atoms with Crippen LogP contribution in [0.5, 0.6) is 5.75 Å². The van der Waals surface area contributed by atoms with Gasteiger partial charge in [-0.15, -0.1) is 0 Å². The number of rotatable bonds is 6. The fraction of sp³-hybridized carbons (Fsp3) is 0.647. The Morgan fingerprint density at radius 3 is 2.55 bits per heavy atom. The summed E-state index contributed by atoms with van der Waals surface area (Å²) in [7, 11) is 0. The van der Waals surface area contributed by atoms with Gasteiger partial charge in [0.1, 0.15) is 5.75 Å². The molecule has 0 aliphatic carbocycles. The van der Waals surface area contributed by atoms with Crippen LogP contribution in [0.4, 0.5) is 0 Å². The fourth-order valence-corrected chi connectivity index (χ4v) is 3.32. The molecule has 0 amide bonds. The first-order valence-electron chi connectivity index (χ1n) is 7.98. The summed E-state index contributed by atoms with van der Waals surface area (Å²) < 4.78 is 0. The molecule has 3 nitrogen and oxygen atoms in total. The third kappa shape index (κ3) is 3.74. The number of para-hydroxylation sites is 1. The molecule has 3 heteroatoms. The maximum Gasteiger partial charge on any atom is 0.120 e. The highest BCUT2D eigenvalue weighted by Gasteiger charge is 2.23. The number of aromatic hydroxyl groups is 1. The summed E-state index contributed by atoms with van der Waals surface area (Å²) in [6.45, 7) is 8.92. The van der Waals surface area contributed by atoms with Crippen LogP contribution < -0.4 is 5.32 Å². The van der Waals surface area contributed by atoms with Crippen LogP contribution in [0.1, 0.15) is 44.7 Å². The van der Waals surface area contributed by atoms with E-state index in [1.165, 1.54) is 12.8 Å². The average molecular weight is 276 g/mol. The topological polar surface area (TPSA) is 35.5 Å². The lowest BCUT2D eigenvalue weighted by Gasteiger charge is -2.35. The zero-order chi connectivity index (χ0) is 14.4. The van der Waals surface area contributed by atoms with Crippen LogP contribution in [0.15, 0.2) is 24.3 Å². The molecule has 112 valence electrons. The second-order valence-corrected chi connectivity index (χ2v) is 5.76. The molecule has 1 atom stereocenters. The highest BCUT2D eigenvalue weighted by molar-refractivity contribution is 5.34. The van der Waals surface area contributed by atoms with E-state index in [0.29, 0.717) is 11.8 Å². The van der Waals surface area contributed by atoms with Gasteiger partial charge < -0.3 is 10.4 Å². The van der Waals surface area contributed by atoms with E-state index >= 15 is 0 Å². The zero-order valence-electron chi connectivity index (χ0n) is 12.8. The van der Waals surface area contributed by atoms with Crippen molar-refractivity contribution in [1.82, 2.24) is 10.2 Å². The maximum atomic E-state index is 10.1. The first-order chi connectivity index (χ1) is 9.76. The molecule has 1 fully saturated rings. The van der Waals surface area contributed by atoms with Gasteiger partial charge in [-0.05, 0) is 50.9 Å². The molecule has 0 radical (unpaired) electrons. The van der Waals surface area contributed by atoms with Crippen LogP contribution in [0, 0.1) is 5.92 Å². The molecule has 0 aromatic heterocycles. The predicted octanol–water partition coefficient (Wildman–Crippen LogP) is 3.16. The number of nitrogens with one attached hydrogen (secondary N) is 1. The maximum absolute atomic E-state index is 10.1. The predicted molar refractivity (Wildman–Crippen MR) is 84.0 cm³/mol. The lowest BCUT2D eigenvalue weighted by atomic mass is 9.95. The molecule has 1 aliphatic rings. The van der Waals surface area contributed by atoms with Gasteiger partial charge >= 0.3 is 0 Å². The monoisotopic (exact) mass is 276 g/mol. The average Bonchev–Trinajstić information content (AvgIpc) is 2.49.